The van der Waals surface area contributed by atoms with Gasteiger partial charge in [-0.2, -0.15) is 13.2 Å². The number of piperidine rings is 1. The number of alkyl halides is 3. The Morgan fingerprint density at radius 2 is 1.88 bits per heavy atom. The van der Waals surface area contributed by atoms with Crippen LogP contribution in [0.2, 0.25) is 0 Å². The molecule has 2 saturated carbocycles. The number of fused-ring (bicyclic) bond motifs is 1. The first kappa shape index (κ1) is 28.4. The zero-order valence-electron chi connectivity index (χ0n) is 23.6. The van der Waals surface area contributed by atoms with Crippen molar-refractivity contribution in [3.05, 3.63) is 23.0 Å². The molecule has 2 saturated heterocycles. The average molecular weight is 627 g/mol. The van der Waals surface area contributed by atoms with Gasteiger partial charge in [0.1, 0.15) is 10.6 Å². The number of halogens is 3. The standard InChI is InChI=1S/C27H33F3N6O4S2/c1-15-21(39-3)26(14-40-15)8-10-35(11-9-26)18-12-17(42(37,38)34-25(2)6-7-25)13-36-20(19(16-4-5-16)31-22(18)36)23-32-33-24(41-23)27(28,29)30/h12-13,15-16,21,34H,4-11,14H2,1-3H3/t15-,21?/m0/s1. The normalized spacial score (nSPS) is 25.5. The summed E-state index contributed by atoms with van der Waals surface area (Å²) < 4.78 is 84.0. The van der Waals surface area contributed by atoms with Crippen LogP contribution in [-0.4, -0.2) is 72.6 Å². The Hall–Kier alpha value is -2.33. The molecule has 0 bridgehead atoms. The molecule has 1 N–H and O–H groups in total. The third kappa shape index (κ3) is 4.81. The number of imidazole rings is 1. The number of aromatic nitrogens is 4. The second kappa shape index (κ2) is 9.58. The van der Waals surface area contributed by atoms with Crippen LogP contribution in [0.5, 0.6) is 0 Å². The highest BCUT2D eigenvalue weighted by atomic mass is 32.2. The number of ether oxygens (including phenoxy) is 2. The van der Waals surface area contributed by atoms with Gasteiger partial charge in [-0.15, -0.1) is 10.2 Å². The number of nitrogens with zero attached hydrogens (tertiary/aromatic N) is 5. The summed E-state index contributed by atoms with van der Waals surface area (Å²) in [7, 11) is -2.23. The van der Waals surface area contributed by atoms with Crippen LogP contribution in [-0.2, 0) is 25.7 Å². The molecule has 1 spiro atoms. The van der Waals surface area contributed by atoms with Crippen LogP contribution in [0.15, 0.2) is 17.2 Å². The number of hydrogen-bond donors (Lipinski definition) is 1. The molecule has 7 rings (SSSR count). The Balaban J connectivity index is 1.35. The maximum atomic E-state index is 13.7. The summed E-state index contributed by atoms with van der Waals surface area (Å²) in [6, 6.07) is 1.65. The van der Waals surface area contributed by atoms with Crippen LogP contribution >= 0.6 is 11.3 Å². The van der Waals surface area contributed by atoms with E-state index < -0.39 is 26.7 Å². The topological polar surface area (TPSA) is 111 Å². The molecule has 3 aromatic heterocycles. The molecule has 2 aliphatic carbocycles. The van der Waals surface area contributed by atoms with E-state index in [1.165, 1.54) is 6.20 Å². The van der Waals surface area contributed by atoms with Gasteiger partial charge >= 0.3 is 6.18 Å². The summed E-state index contributed by atoms with van der Waals surface area (Å²) in [6.45, 7) is 5.73. The molecular weight excluding hydrogens is 593 g/mol. The lowest BCUT2D eigenvalue weighted by atomic mass is 9.74. The van der Waals surface area contributed by atoms with Crippen LogP contribution in [0, 0.1) is 5.41 Å². The van der Waals surface area contributed by atoms with Crippen LogP contribution in [0.3, 0.4) is 0 Å². The minimum atomic E-state index is -4.63. The third-order valence-electron chi connectivity index (χ3n) is 9.25. The van der Waals surface area contributed by atoms with Gasteiger partial charge in [0.25, 0.3) is 0 Å². The van der Waals surface area contributed by atoms with Crippen molar-refractivity contribution < 1.29 is 31.1 Å². The van der Waals surface area contributed by atoms with Crippen molar-refractivity contribution >= 4 is 32.7 Å². The van der Waals surface area contributed by atoms with Crippen LogP contribution in [0.1, 0.15) is 69.0 Å². The molecule has 0 aromatic carbocycles. The summed E-state index contributed by atoms with van der Waals surface area (Å²) in [5.74, 6) is 0.0683. The van der Waals surface area contributed by atoms with E-state index in [2.05, 4.69) is 19.8 Å². The van der Waals surface area contributed by atoms with Crippen molar-refractivity contribution in [2.24, 2.45) is 5.41 Å². The van der Waals surface area contributed by atoms with Gasteiger partial charge in [0.05, 0.1) is 30.2 Å². The second-order valence-electron chi connectivity index (χ2n) is 12.5. The van der Waals surface area contributed by atoms with E-state index in [0.717, 1.165) is 38.5 Å². The lowest BCUT2D eigenvalue weighted by Crippen LogP contribution is -2.47. The number of nitrogens with one attached hydrogen (secondary N) is 1. The highest BCUT2D eigenvalue weighted by Gasteiger charge is 2.50. The van der Waals surface area contributed by atoms with E-state index in [1.807, 2.05) is 13.8 Å². The van der Waals surface area contributed by atoms with Gasteiger partial charge in [-0.05, 0) is 58.4 Å². The Kier molecular flexibility index (Phi) is 6.49. The molecular formula is C27H33F3N6O4S2. The Morgan fingerprint density at radius 1 is 1.17 bits per heavy atom. The molecule has 0 amide bonds. The van der Waals surface area contributed by atoms with E-state index in [1.54, 1.807) is 17.6 Å². The number of rotatable bonds is 7. The van der Waals surface area contributed by atoms with Crippen molar-refractivity contribution in [3.63, 3.8) is 0 Å². The van der Waals surface area contributed by atoms with E-state index in [-0.39, 0.29) is 33.4 Å². The molecule has 5 heterocycles. The quantitative estimate of drug-likeness (QED) is 0.405. The zero-order chi connectivity index (χ0) is 29.7. The molecule has 10 nitrogen and oxygen atoms in total. The van der Waals surface area contributed by atoms with Gasteiger partial charge in [-0.1, -0.05) is 11.3 Å². The van der Waals surface area contributed by atoms with Crippen LogP contribution in [0.4, 0.5) is 18.9 Å². The lowest BCUT2D eigenvalue weighted by molar-refractivity contribution is -0.138. The largest absolute Gasteiger partial charge is 0.445 e. The molecule has 228 valence electrons. The van der Waals surface area contributed by atoms with Crippen LogP contribution in [0.25, 0.3) is 16.3 Å². The Bertz CT molecular complexity index is 1640. The minimum absolute atomic E-state index is 0.0129. The lowest BCUT2D eigenvalue weighted by Gasteiger charge is -2.42. The predicted molar refractivity (Wildman–Crippen MR) is 149 cm³/mol. The Labute approximate surface area is 245 Å². The van der Waals surface area contributed by atoms with Crippen molar-refractivity contribution in [1.29, 1.82) is 0 Å². The van der Waals surface area contributed by atoms with E-state index >= 15 is 0 Å². The first-order chi connectivity index (χ1) is 19.8. The molecule has 2 atom stereocenters. The number of anilines is 1. The summed E-state index contributed by atoms with van der Waals surface area (Å²) in [4.78, 5) is 7.12. The SMILES string of the molecule is COC1[C@H](C)OCC12CCN(c1cc(S(=O)(=O)NC3(C)CC3)cn3c(-c4nnc(C(F)(F)F)s4)c(C4CC4)nc13)CC2. The smallest absolute Gasteiger partial charge is 0.378 e. The maximum absolute atomic E-state index is 13.7. The first-order valence-corrected chi connectivity index (χ1v) is 16.5. The van der Waals surface area contributed by atoms with E-state index in [9.17, 15) is 21.6 Å². The van der Waals surface area contributed by atoms with Gasteiger partial charge < -0.3 is 14.4 Å². The fourth-order valence-electron chi connectivity index (χ4n) is 6.49. The fraction of sp³-hybridized carbons (Fsp3) is 0.667. The third-order valence-corrected chi connectivity index (χ3v) is 11.8. The van der Waals surface area contributed by atoms with Gasteiger partial charge in [-0.25, -0.2) is 18.1 Å². The highest BCUT2D eigenvalue weighted by molar-refractivity contribution is 7.89. The number of methoxy groups -OCH3 is 1. The van der Waals surface area contributed by atoms with Crippen molar-refractivity contribution in [3.8, 4) is 10.7 Å². The molecule has 3 aromatic rings. The number of pyridine rings is 1. The van der Waals surface area contributed by atoms with Crippen LogP contribution < -0.4 is 9.62 Å². The van der Waals surface area contributed by atoms with Gasteiger partial charge in [0.2, 0.25) is 15.0 Å². The maximum Gasteiger partial charge on any atom is 0.445 e. The summed E-state index contributed by atoms with van der Waals surface area (Å²) in [5.41, 5.74) is 1.50. The minimum Gasteiger partial charge on any atom is -0.378 e. The molecule has 1 unspecified atom stereocenters. The summed E-state index contributed by atoms with van der Waals surface area (Å²) in [6.07, 6.45) is 1.53. The van der Waals surface area contributed by atoms with Gasteiger partial charge in [0, 0.05) is 43.3 Å². The van der Waals surface area contributed by atoms with Gasteiger partial charge in [0.15, 0.2) is 10.7 Å². The van der Waals surface area contributed by atoms with Crippen molar-refractivity contribution in [1.82, 2.24) is 24.3 Å². The zero-order valence-corrected chi connectivity index (χ0v) is 25.2. The molecule has 2 aliphatic heterocycles. The monoisotopic (exact) mass is 626 g/mol. The molecule has 4 fully saturated rings. The van der Waals surface area contributed by atoms with Gasteiger partial charge in [-0.3, -0.25) is 4.40 Å². The number of hydrogen-bond acceptors (Lipinski definition) is 9. The predicted octanol–water partition coefficient (Wildman–Crippen LogP) is 4.60. The first-order valence-electron chi connectivity index (χ1n) is 14.2. The number of sulfonamides is 1. The molecule has 4 aliphatic rings. The fourth-order valence-corrected chi connectivity index (χ4v) is 8.73. The molecule has 0 radical (unpaired) electrons. The second-order valence-corrected chi connectivity index (χ2v) is 15.1. The van der Waals surface area contributed by atoms with E-state index in [4.69, 9.17) is 14.5 Å². The van der Waals surface area contributed by atoms with Crippen molar-refractivity contribution in [2.45, 2.75) is 87.1 Å². The molecule has 42 heavy (non-hydrogen) atoms. The highest BCUT2D eigenvalue weighted by Crippen LogP contribution is 2.48. The summed E-state index contributed by atoms with van der Waals surface area (Å²) in [5, 5.41) is 6.33. The van der Waals surface area contributed by atoms with Crippen molar-refractivity contribution in [2.75, 3.05) is 31.7 Å². The Morgan fingerprint density at radius 3 is 2.48 bits per heavy atom. The molecule has 15 heteroatoms. The summed E-state index contributed by atoms with van der Waals surface area (Å²) >= 11 is 0.448. The van der Waals surface area contributed by atoms with E-state index in [0.29, 0.717) is 53.8 Å². The average Bonchev–Trinajstić information content (AvgIpc) is 3.76.